The lowest BCUT2D eigenvalue weighted by Gasteiger charge is -2.43. The molecule has 132 valence electrons. The van der Waals surface area contributed by atoms with E-state index in [1.165, 1.54) is 12.8 Å². The lowest BCUT2D eigenvalue weighted by atomic mass is 9.89. The van der Waals surface area contributed by atoms with Crippen LogP contribution in [0.25, 0.3) is 11.1 Å². The molecule has 0 spiro atoms. The summed E-state index contributed by atoms with van der Waals surface area (Å²) in [5, 5.41) is 4.82. The summed E-state index contributed by atoms with van der Waals surface area (Å²) < 4.78 is 11.3. The van der Waals surface area contributed by atoms with Gasteiger partial charge in [-0.1, -0.05) is 18.0 Å². The maximum atomic E-state index is 13.5. The van der Waals surface area contributed by atoms with Crippen molar-refractivity contribution in [1.82, 2.24) is 15.0 Å². The Kier molecular flexibility index (Phi) is 3.55. The molecule has 0 radical (unpaired) electrons. The monoisotopic (exact) mass is 341 g/mol. The topological polar surface area (TPSA) is 68.5 Å². The number of carbonyl (C=O) groups excluding carboxylic acids is 1. The Balaban J connectivity index is 1.57. The number of aryl methyl sites for hydroxylation is 1. The molecule has 3 fully saturated rings. The fourth-order valence-electron chi connectivity index (χ4n) is 4.37. The number of pyridine rings is 1. The van der Waals surface area contributed by atoms with Crippen LogP contribution in [0.1, 0.15) is 66.2 Å². The van der Waals surface area contributed by atoms with Crippen LogP contribution >= 0.6 is 0 Å². The van der Waals surface area contributed by atoms with E-state index in [0.717, 1.165) is 42.5 Å². The lowest BCUT2D eigenvalue weighted by Crippen LogP contribution is -2.54. The number of morpholine rings is 1. The Bertz CT molecular complexity index is 825. The van der Waals surface area contributed by atoms with Crippen LogP contribution in [0.4, 0.5) is 0 Å². The molecule has 6 heteroatoms. The molecule has 3 aliphatic rings. The first-order valence-electron chi connectivity index (χ1n) is 9.42. The number of rotatable bonds is 2. The van der Waals surface area contributed by atoms with Crippen molar-refractivity contribution in [3.8, 4) is 0 Å². The molecule has 2 aliphatic carbocycles. The minimum atomic E-state index is 0.0841. The molecule has 1 saturated heterocycles. The molecule has 2 aromatic rings. The van der Waals surface area contributed by atoms with Crippen molar-refractivity contribution in [1.29, 1.82) is 0 Å². The van der Waals surface area contributed by atoms with Crippen molar-refractivity contribution in [2.45, 2.75) is 63.5 Å². The van der Waals surface area contributed by atoms with Crippen molar-refractivity contribution >= 4 is 17.0 Å². The zero-order valence-electron chi connectivity index (χ0n) is 14.5. The largest absolute Gasteiger partial charge is 0.374 e. The first kappa shape index (κ1) is 15.3. The second-order valence-electron chi connectivity index (χ2n) is 7.58. The van der Waals surface area contributed by atoms with Gasteiger partial charge in [0.25, 0.3) is 11.6 Å². The van der Waals surface area contributed by atoms with Gasteiger partial charge in [-0.05, 0) is 38.7 Å². The summed E-state index contributed by atoms with van der Waals surface area (Å²) in [5.74, 6) is 0.550. The molecule has 2 aromatic heterocycles. The van der Waals surface area contributed by atoms with Crippen molar-refractivity contribution in [2.24, 2.45) is 0 Å². The highest BCUT2D eigenvalue weighted by atomic mass is 16.5. The second-order valence-corrected chi connectivity index (χ2v) is 7.58. The van der Waals surface area contributed by atoms with Gasteiger partial charge in [0.05, 0.1) is 35.4 Å². The third-order valence-electron chi connectivity index (χ3n) is 5.86. The van der Waals surface area contributed by atoms with E-state index in [-0.39, 0.29) is 18.1 Å². The summed E-state index contributed by atoms with van der Waals surface area (Å²) in [7, 11) is 0. The minimum Gasteiger partial charge on any atom is -0.374 e. The molecule has 1 amide bonds. The highest BCUT2D eigenvalue weighted by Gasteiger charge is 2.38. The highest BCUT2D eigenvalue weighted by Crippen LogP contribution is 2.41. The molecule has 0 aromatic carbocycles. The van der Waals surface area contributed by atoms with Gasteiger partial charge in [-0.2, -0.15) is 0 Å². The maximum absolute atomic E-state index is 13.5. The predicted octanol–water partition coefficient (Wildman–Crippen LogP) is 3.19. The molecule has 6 nitrogen and oxygen atoms in total. The van der Waals surface area contributed by atoms with Crippen LogP contribution in [-0.4, -0.2) is 46.2 Å². The van der Waals surface area contributed by atoms with E-state index in [1.54, 1.807) is 0 Å². The number of carbonyl (C=O) groups is 1. The molecular formula is C19H23N3O3. The van der Waals surface area contributed by atoms with Gasteiger partial charge in [0.2, 0.25) is 0 Å². The van der Waals surface area contributed by atoms with Gasteiger partial charge in [-0.15, -0.1) is 0 Å². The van der Waals surface area contributed by atoms with Gasteiger partial charge >= 0.3 is 0 Å². The fourth-order valence-corrected chi connectivity index (χ4v) is 4.37. The Morgan fingerprint density at radius 2 is 2.08 bits per heavy atom. The van der Waals surface area contributed by atoms with Crippen LogP contribution in [0.2, 0.25) is 0 Å². The Morgan fingerprint density at radius 3 is 2.92 bits per heavy atom. The first-order chi connectivity index (χ1) is 12.2. The fraction of sp³-hybridized carbons (Fsp3) is 0.632. The van der Waals surface area contributed by atoms with Gasteiger partial charge in [-0.25, -0.2) is 4.98 Å². The average Bonchev–Trinajstić information content (AvgIpc) is 3.44. The van der Waals surface area contributed by atoms with Crippen LogP contribution < -0.4 is 0 Å². The normalized spacial score (nSPS) is 26.7. The highest BCUT2D eigenvalue weighted by molar-refractivity contribution is 6.06. The van der Waals surface area contributed by atoms with Crippen LogP contribution in [0.5, 0.6) is 0 Å². The molecule has 25 heavy (non-hydrogen) atoms. The number of aromatic nitrogens is 2. The van der Waals surface area contributed by atoms with E-state index >= 15 is 0 Å². The molecule has 0 bridgehead atoms. The third kappa shape index (κ3) is 2.54. The zero-order chi connectivity index (χ0) is 17.0. The molecule has 2 saturated carbocycles. The standard InChI is InChI=1S/C19H23N3O3/c1-11-17-13(10-14(12-6-7-12)20-18(17)25-21-11)19(23)22-8-9-24-16-5-3-2-4-15(16)22/h10,12,15-16H,2-9H2,1H3/t15-,16-/m1/s1. The predicted molar refractivity (Wildman–Crippen MR) is 91.5 cm³/mol. The number of amides is 1. The van der Waals surface area contributed by atoms with Gasteiger partial charge in [-0.3, -0.25) is 4.79 Å². The second kappa shape index (κ2) is 5.80. The third-order valence-corrected chi connectivity index (χ3v) is 5.86. The van der Waals surface area contributed by atoms with Crippen LogP contribution in [0.3, 0.4) is 0 Å². The van der Waals surface area contributed by atoms with Gasteiger partial charge in [0, 0.05) is 18.2 Å². The van der Waals surface area contributed by atoms with E-state index in [9.17, 15) is 4.79 Å². The molecule has 0 N–H and O–H groups in total. The first-order valence-corrected chi connectivity index (χ1v) is 9.42. The Morgan fingerprint density at radius 1 is 1.24 bits per heavy atom. The average molecular weight is 341 g/mol. The number of ether oxygens (including phenoxy) is 1. The quantitative estimate of drug-likeness (QED) is 0.839. The number of hydrogen-bond donors (Lipinski definition) is 0. The molecule has 5 rings (SSSR count). The minimum absolute atomic E-state index is 0.0841. The van der Waals surface area contributed by atoms with Gasteiger partial charge in [0.15, 0.2) is 0 Å². The van der Waals surface area contributed by atoms with Crippen LogP contribution in [0, 0.1) is 6.92 Å². The van der Waals surface area contributed by atoms with E-state index in [2.05, 4.69) is 10.1 Å². The number of fused-ring (bicyclic) bond motifs is 2. The van der Waals surface area contributed by atoms with E-state index in [1.807, 2.05) is 17.9 Å². The van der Waals surface area contributed by atoms with E-state index in [0.29, 0.717) is 30.3 Å². The molecule has 2 atom stereocenters. The Hall–Kier alpha value is -1.95. The number of hydrogen-bond acceptors (Lipinski definition) is 5. The van der Waals surface area contributed by atoms with E-state index in [4.69, 9.17) is 9.26 Å². The molecule has 1 aliphatic heterocycles. The number of nitrogens with zero attached hydrogens (tertiary/aromatic N) is 3. The SMILES string of the molecule is Cc1noc2nc(C3CC3)cc(C(=O)N3CCO[C@@H]4CCCC[C@H]43)c12. The summed E-state index contributed by atoms with van der Waals surface area (Å²) >= 11 is 0. The van der Waals surface area contributed by atoms with Crippen molar-refractivity contribution in [3.05, 3.63) is 23.0 Å². The van der Waals surface area contributed by atoms with Gasteiger partial charge < -0.3 is 14.2 Å². The maximum Gasteiger partial charge on any atom is 0.259 e. The summed E-state index contributed by atoms with van der Waals surface area (Å²) in [5.41, 5.74) is 2.91. The Labute approximate surface area is 146 Å². The van der Waals surface area contributed by atoms with Crippen molar-refractivity contribution < 1.29 is 14.1 Å². The van der Waals surface area contributed by atoms with E-state index < -0.39 is 0 Å². The molecule has 3 heterocycles. The summed E-state index contributed by atoms with van der Waals surface area (Å²) in [4.78, 5) is 20.1. The van der Waals surface area contributed by atoms with Crippen molar-refractivity contribution in [3.63, 3.8) is 0 Å². The zero-order valence-corrected chi connectivity index (χ0v) is 14.5. The summed E-state index contributed by atoms with van der Waals surface area (Å²) in [6, 6.07) is 2.18. The van der Waals surface area contributed by atoms with Gasteiger partial charge in [0.1, 0.15) is 0 Å². The smallest absolute Gasteiger partial charge is 0.259 e. The lowest BCUT2D eigenvalue weighted by molar-refractivity contribution is -0.0752. The summed E-state index contributed by atoms with van der Waals surface area (Å²) in [6.07, 6.45) is 6.92. The molecular weight excluding hydrogens is 318 g/mol. The summed E-state index contributed by atoms with van der Waals surface area (Å²) in [6.45, 7) is 3.16. The van der Waals surface area contributed by atoms with Crippen LogP contribution in [-0.2, 0) is 4.74 Å². The van der Waals surface area contributed by atoms with Crippen LogP contribution in [0.15, 0.2) is 10.6 Å². The van der Waals surface area contributed by atoms with Crippen molar-refractivity contribution in [2.75, 3.05) is 13.2 Å². The molecule has 0 unspecified atom stereocenters.